The highest BCUT2D eigenvalue weighted by atomic mass is 32.1. The molecule has 1 heterocycles. The molecule has 1 aromatic heterocycles. The van der Waals surface area contributed by atoms with Crippen molar-refractivity contribution in [2.75, 3.05) is 0 Å². The van der Waals surface area contributed by atoms with Crippen LogP contribution in [0.4, 0.5) is 0 Å². The fourth-order valence-electron chi connectivity index (χ4n) is 2.20. The minimum absolute atomic E-state index is 0.0417. The van der Waals surface area contributed by atoms with Crippen LogP contribution >= 0.6 is 11.5 Å². The molecule has 1 amide bonds. The highest BCUT2D eigenvalue weighted by molar-refractivity contribution is 7.04. The molecule has 0 bridgehead atoms. The molecular weight excluding hydrogens is 268 g/mol. The first-order valence-electron chi connectivity index (χ1n) is 6.80. The Hall–Kier alpha value is -1.42. The summed E-state index contributed by atoms with van der Waals surface area (Å²) in [6.45, 7) is 12.5. The fourth-order valence-corrected chi connectivity index (χ4v) is 2.90. The molecule has 4 heteroatoms. The number of aromatic nitrogens is 1. The Morgan fingerprint density at radius 3 is 2.35 bits per heavy atom. The van der Waals surface area contributed by atoms with Crippen molar-refractivity contribution >= 4 is 28.3 Å². The van der Waals surface area contributed by atoms with Crippen molar-refractivity contribution in [3.63, 3.8) is 0 Å². The fraction of sp³-hybridized carbons (Fsp3) is 0.500. The number of fused-ring (bicyclic) bond motifs is 1. The smallest absolute Gasteiger partial charge is 0.253 e. The summed E-state index contributed by atoms with van der Waals surface area (Å²) in [6.07, 6.45) is 0. The third kappa shape index (κ3) is 3.01. The number of amides is 1. The maximum Gasteiger partial charge on any atom is 0.253 e. The van der Waals surface area contributed by atoms with Crippen LogP contribution in [0.15, 0.2) is 17.5 Å². The molecule has 0 saturated heterocycles. The average molecular weight is 290 g/mol. The molecule has 0 aliphatic rings. The predicted octanol–water partition coefficient (Wildman–Crippen LogP) is 4.12. The van der Waals surface area contributed by atoms with Gasteiger partial charge in [0.15, 0.2) is 0 Å². The molecule has 0 radical (unpaired) electrons. The first-order valence-corrected chi connectivity index (χ1v) is 7.63. The SMILES string of the molecule is CC(C)(C)NC(=O)c1ccc(C(C)(C)C)c2csnc12. The number of nitrogens with one attached hydrogen (secondary N) is 1. The van der Waals surface area contributed by atoms with Crippen molar-refractivity contribution in [1.29, 1.82) is 0 Å². The van der Waals surface area contributed by atoms with Crippen LogP contribution < -0.4 is 5.32 Å². The van der Waals surface area contributed by atoms with Gasteiger partial charge in [-0.25, -0.2) is 0 Å². The molecule has 1 N–H and O–H groups in total. The van der Waals surface area contributed by atoms with E-state index in [2.05, 4.69) is 30.5 Å². The summed E-state index contributed by atoms with van der Waals surface area (Å²) >= 11 is 1.40. The number of benzene rings is 1. The van der Waals surface area contributed by atoms with Gasteiger partial charge in [0.05, 0.1) is 11.1 Å². The number of rotatable bonds is 1. The van der Waals surface area contributed by atoms with Gasteiger partial charge in [0, 0.05) is 16.3 Å². The number of hydrogen-bond donors (Lipinski definition) is 1. The lowest BCUT2D eigenvalue weighted by Gasteiger charge is -2.23. The minimum Gasteiger partial charge on any atom is -0.347 e. The van der Waals surface area contributed by atoms with Crippen molar-refractivity contribution < 1.29 is 4.79 Å². The van der Waals surface area contributed by atoms with Crippen LogP contribution in [0.25, 0.3) is 10.9 Å². The molecule has 0 aliphatic heterocycles. The minimum atomic E-state index is -0.248. The monoisotopic (exact) mass is 290 g/mol. The second-order valence-electron chi connectivity index (χ2n) is 7.19. The third-order valence-corrected chi connectivity index (χ3v) is 3.70. The maximum absolute atomic E-state index is 12.4. The number of carbonyl (C=O) groups is 1. The lowest BCUT2D eigenvalue weighted by molar-refractivity contribution is 0.0921. The Labute approximate surface area is 124 Å². The van der Waals surface area contributed by atoms with E-state index in [1.165, 1.54) is 17.1 Å². The first-order chi connectivity index (χ1) is 9.09. The highest BCUT2D eigenvalue weighted by Gasteiger charge is 2.23. The summed E-state index contributed by atoms with van der Waals surface area (Å²) in [5, 5.41) is 6.12. The summed E-state index contributed by atoms with van der Waals surface area (Å²) < 4.78 is 4.42. The topological polar surface area (TPSA) is 42.0 Å². The summed E-state index contributed by atoms with van der Waals surface area (Å²) in [5.41, 5.74) is 2.49. The van der Waals surface area contributed by atoms with Crippen LogP contribution in [0.2, 0.25) is 0 Å². The zero-order valence-corrected chi connectivity index (χ0v) is 13.8. The van der Waals surface area contributed by atoms with Gasteiger partial charge in [-0.2, -0.15) is 4.37 Å². The van der Waals surface area contributed by atoms with Gasteiger partial charge >= 0.3 is 0 Å². The molecule has 0 unspecified atom stereocenters. The predicted molar refractivity (Wildman–Crippen MR) is 85.5 cm³/mol. The van der Waals surface area contributed by atoms with Crippen molar-refractivity contribution in [2.24, 2.45) is 0 Å². The van der Waals surface area contributed by atoms with E-state index in [0.29, 0.717) is 5.56 Å². The van der Waals surface area contributed by atoms with Gasteiger partial charge in [-0.3, -0.25) is 4.79 Å². The Morgan fingerprint density at radius 1 is 1.15 bits per heavy atom. The van der Waals surface area contributed by atoms with E-state index >= 15 is 0 Å². The van der Waals surface area contributed by atoms with Crippen LogP contribution in [0.1, 0.15) is 57.5 Å². The quantitative estimate of drug-likeness (QED) is 0.858. The zero-order valence-electron chi connectivity index (χ0n) is 13.0. The van der Waals surface area contributed by atoms with Crippen molar-refractivity contribution in [2.45, 2.75) is 52.5 Å². The van der Waals surface area contributed by atoms with Crippen molar-refractivity contribution in [3.05, 3.63) is 28.6 Å². The van der Waals surface area contributed by atoms with Crippen LogP contribution in [0, 0.1) is 0 Å². The third-order valence-electron chi connectivity index (χ3n) is 3.07. The number of carbonyl (C=O) groups excluding carboxylic acids is 1. The summed E-state index contributed by atoms with van der Waals surface area (Å²) in [4.78, 5) is 12.4. The highest BCUT2D eigenvalue weighted by Crippen LogP contribution is 2.32. The maximum atomic E-state index is 12.4. The molecule has 20 heavy (non-hydrogen) atoms. The molecule has 0 fully saturated rings. The van der Waals surface area contributed by atoms with Gasteiger partial charge in [-0.05, 0) is 49.3 Å². The molecule has 0 saturated carbocycles. The van der Waals surface area contributed by atoms with Crippen LogP contribution in [0.3, 0.4) is 0 Å². The molecule has 0 spiro atoms. The van der Waals surface area contributed by atoms with E-state index in [0.717, 1.165) is 10.9 Å². The Balaban J connectivity index is 2.53. The molecule has 2 aromatic rings. The molecule has 2 rings (SSSR count). The molecule has 0 aliphatic carbocycles. The summed E-state index contributed by atoms with van der Waals surface area (Å²) in [5.74, 6) is -0.0612. The van der Waals surface area contributed by atoms with Crippen LogP contribution in [-0.4, -0.2) is 15.8 Å². The van der Waals surface area contributed by atoms with Crippen molar-refractivity contribution in [1.82, 2.24) is 9.69 Å². The Kier molecular flexibility index (Phi) is 3.63. The van der Waals surface area contributed by atoms with E-state index in [1.807, 2.05) is 38.3 Å². The van der Waals surface area contributed by atoms with Gasteiger partial charge in [0.2, 0.25) is 0 Å². The van der Waals surface area contributed by atoms with E-state index in [9.17, 15) is 4.79 Å². The molecule has 108 valence electrons. The summed E-state index contributed by atoms with van der Waals surface area (Å²) in [7, 11) is 0. The molecule has 1 aromatic carbocycles. The summed E-state index contributed by atoms with van der Waals surface area (Å²) in [6, 6.07) is 3.94. The normalized spacial score (nSPS) is 12.7. The van der Waals surface area contributed by atoms with Gasteiger partial charge < -0.3 is 5.32 Å². The van der Waals surface area contributed by atoms with E-state index < -0.39 is 0 Å². The number of hydrogen-bond acceptors (Lipinski definition) is 3. The van der Waals surface area contributed by atoms with Crippen LogP contribution in [-0.2, 0) is 5.41 Å². The van der Waals surface area contributed by atoms with E-state index in [1.54, 1.807) is 0 Å². The largest absolute Gasteiger partial charge is 0.347 e. The first kappa shape index (κ1) is 15.0. The Morgan fingerprint density at radius 2 is 1.80 bits per heavy atom. The van der Waals surface area contributed by atoms with E-state index in [4.69, 9.17) is 0 Å². The average Bonchev–Trinajstić information content (AvgIpc) is 2.71. The van der Waals surface area contributed by atoms with Gasteiger partial charge in [0.25, 0.3) is 5.91 Å². The van der Waals surface area contributed by atoms with Gasteiger partial charge in [-0.15, -0.1) is 0 Å². The molecule has 0 atom stereocenters. The zero-order chi connectivity index (χ0) is 15.1. The van der Waals surface area contributed by atoms with E-state index in [-0.39, 0.29) is 16.9 Å². The molecule has 3 nitrogen and oxygen atoms in total. The lowest BCUT2D eigenvalue weighted by Crippen LogP contribution is -2.40. The lowest BCUT2D eigenvalue weighted by atomic mass is 9.84. The molecular formula is C16H22N2OS. The van der Waals surface area contributed by atoms with Crippen LogP contribution in [0.5, 0.6) is 0 Å². The second kappa shape index (κ2) is 4.85. The van der Waals surface area contributed by atoms with Gasteiger partial charge in [-0.1, -0.05) is 26.8 Å². The Bertz CT molecular complexity index is 645. The van der Waals surface area contributed by atoms with Gasteiger partial charge in [0.1, 0.15) is 0 Å². The standard InChI is InChI=1S/C16H22N2OS/c1-15(2,3)12-8-7-10(13-11(12)9-20-18-13)14(19)17-16(4,5)6/h7-9H,1-6H3,(H,17,19). The second-order valence-corrected chi connectivity index (χ2v) is 7.82. The van der Waals surface area contributed by atoms with Crippen molar-refractivity contribution in [3.8, 4) is 0 Å². The number of nitrogens with zero attached hydrogens (tertiary/aromatic N) is 1.